The van der Waals surface area contributed by atoms with Gasteiger partial charge in [0, 0.05) is 10.0 Å². The Morgan fingerprint density at radius 1 is 1.47 bits per heavy atom. The maximum Gasteiger partial charge on any atom is 0.243 e. The van der Waals surface area contributed by atoms with Gasteiger partial charge < -0.3 is 10.3 Å². The molecule has 2 rings (SSSR count). The zero-order valence-electron chi connectivity index (χ0n) is 10.6. The Hall–Kier alpha value is -1.27. The molecule has 2 N–H and O–H groups in total. The SMILES string of the molecule is CCCC[C@H](N)c1nc(-c2ccc(F)cc2Br)no1. The average molecular weight is 328 g/mol. The fraction of sp³-hybridized carbons (Fsp3) is 0.385. The molecular weight excluding hydrogens is 313 g/mol. The molecule has 0 saturated carbocycles. The molecule has 0 spiro atoms. The van der Waals surface area contributed by atoms with Crippen molar-refractivity contribution >= 4 is 15.9 Å². The van der Waals surface area contributed by atoms with Crippen LogP contribution in [0.15, 0.2) is 27.2 Å². The summed E-state index contributed by atoms with van der Waals surface area (Å²) in [4.78, 5) is 4.27. The predicted octanol–water partition coefficient (Wildman–Crippen LogP) is 3.83. The van der Waals surface area contributed by atoms with Gasteiger partial charge in [-0.15, -0.1) is 0 Å². The highest BCUT2D eigenvalue weighted by Crippen LogP contribution is 2.27. The number of nitrogens with zero attached hydrogens (tertiary/aromatic N) is 2. The number of halogens is 2. The molecule has 0 unspecified atom stereocenters. The summed E-state index contributed by atoms with van der Waals surface area (Å²) in [6.07, 6.45) is 2.89. The van der Waals surface area contributed by atoms with Gasteiger partial charge in [0.05, 0.1) is 6.04 Å². The maximum atomic E-state index is 13.0. The highest BCUT2D eigenvalue weighted by molar-refractivity contribution is 9.10. The molecule has 0 aliphatic carbocycles. The van der Waals surface area contributed by atoms with Gasteiger partial charge in [-0.05, 0) is 40.5 Å². The van der Waals surface area contributed by atoms with Gasteiger partial charge in [-0.2, -0.15) is 4.98 Å². The Kier molecular flexibility index (Phi) is 4.66. The van der Waals surface area contributed by atoms with Gasteiger partial charge >= 0.3 is 0 Å². The molecule has 1 atom stereocenters. The first kappa shape index (κ1) is 14.1. The van der Waals surface area contributed by atoms with E-state index in [0.717, 1.165) is 19.3 Å². The average Bonchev–Trinajstić information content (AvgIpc) is 2.85. The monoisotopic (exact) mass is 327 g/mol. The van der Waals surface area contributed by atoms with Crippen LogP contribution in [0.5, 0.6) is 0 Å². The van der Waals surface area contributed by atoms with Crippen LogP contribution in [0.25, 0.3) is 11.4 Å². The molecule has 1 aromatic carbocycles. The van der Waals surface area contributed by atoms with Gasteiger partial charge in [0.2, 0.25) is 11.7 Å². The van der Waals surface area contributed by atoms with Crippen LogP contribution in [-0.4, -0.2) is 10.1 Å². The minimum absolute atomic E-state index is 0.250. The van der Waals surface area contributed by atoms with Gasteiger partial charge in [-0.3, -0.25) is 0 Å². The third kappa shape index (κ3) is 3.39. The molecule has 102 valence electrons. The topological polar surface area (TPSA) is 64.9 Å². The number of nitrogens with two attached hydrogens (primary N) is 1. The number of hydrogen-bond donors (Lipinski definition) is 1. The van der Waals surface area contributed by atoms with Gasteiger partial charge in [0.1, 0.15) is 5.82 Å². The number of benzene rings is 1. The van der Waals surface area contributed by atoms with Crippen molar-refractivity contribution in [2.24, 2.45) is 5.73 Å². The van der Waals surface area contributed by atoms with Gasteiger partial charge in [0.25, 0.3) is 0 Å². The zero-order chi connectivity index (χ0) is 13.8. The maximum absolute atomic E-state index is 13.0. The molecule has 0 aliphatic heterocycles. The second-order valence-corrected chi connectivity index (χ2v) is 5.18. The Bertz CT molecular complexity index is 559. The molecule has 0 bridgehead atoms. The zero-order valence-corrected chi connectivity index (χ0v) is 12.2. The molecule has 0 aliphatic rings. The molecule has 1 heterocycles. The van der Waals surface area contributed by atoms with Crippen molar-refractivity contribution in [3.05, 3.63) is 34.4 Å². The number of aromatic nitrogens is 2. The first-order valence-corrected chi connectivity index (χ1v) is 6.95. The van der Waals surface area contributed by atoms with Crippen molar-refractivity contribution in [3.63, 3.8) is 0 Å². The van der Waals surface area contributed by atoms with Crippen LogP contribution in [0.3, 0.4) is 0 Å². The molecule has 0 radical (unpaired) electrons. The highest BCUT2D eigenvalue weighted by atomic mass is 79.9. The summed E-state index contributed by atoms with van der Waals surface area (Å²) in [5, 5.41) is 3.89. The fourth-order valence-corrected chi connectivity index (χ4v) is 2.24. The third-order valence-corrected chi connectivity index (χ3v) is 3.46. The molecule has 0 fully saturated rings. The van der Waals surface area contributed by atoms with E-state index in [4.69, 9.17) is 10.3 Å². The van der Waals surface area contributed by atoms with E-state index in [2.05, 4.69) is 33.0 Å². The lowest BCUT2D eigenvalue weighted by Gasteiger charge is -2.03. The number of rotatable bonds is 5. The Morgan fingerprint density at radius 2 is 2.26 bits per heavy atom. The minimum atomic E-state index is -0.320. The molecule has 0 saturated heterocycles. The van der Waals surface area contributed by atoms with Crippen LogP contribution in [0.2, 0.25) is 0 Å². The Morgan fingerprint density at radius 3 is 2.95 bits per heavy atom. The lowest BCUT2D eigenvalue weighted by atomic mass is 10.1. The lowest BCUT2D eigenvalue weighted by Crippen LogP contribution is -2.10. The highest BCUT2D eigenvalue weighted by Gasteiger charge is 2.16. The van der Waals surface area contributed by atoms with Crippen molar-refractivity contribution in [1.82, 2.24) is 10.1 Å². The van der Waals surface area contributed by atoms with Crippen molar-refractivity contribution in [3.8, 4) is 11.4 Å². The van der Waals surface area contributed by atoms with Crippen molar-refractivity contribution in [1.29, 1.82) is 0 Å². The Balaban J connectivity index is 2.20. The third-order valence-electron chi connectivity index (χ3n) is 2.80. The van der Waals surface area contributed by atoms with E-state index in [1.807, 2.05) is 0 Å². The summed E-state index contributed by atoms with van der Waals surface area (Å²) >= 11 is 3.28. The standard InChI is InChI=1S/C13H15BrFN3O/c1-2-3-4-11(16)13-17-12(18-19-13)9-6-5-8(15)7-10(9)14/h5-7,11H,2-4,16H2,1H3/t11-/m0/s1. The molecule has 1 aromatic heterocycles. The first-order valence-electron chi connectivity index (χ1n) is 6.16. The summed E-state index contributed by atoms with van der Waals surface area (Å²) < 4.78 is 18.8. The molecule has 0 amide bonds. The molecule has 6 heteroatoms. The van der Waals surface area contributed by atoms with E-state index >= 15 is 0 Å². The van der Waals surface area contributed by atoms with E-state index in [9.17, 15) is 4.39 Å². The largest absolute Gasteiger partial charge is 0.337 e. The smallest absolute Gasteiger partial charge is 0.243 e. The van der Waals surface area contributed by atoms with Crippen LogP contribution in [0, 0.1) is 5.82 Å². The molecule has 2 aromatic rings. The van der Waals surface area contributed by atoms with Crippen molar-refractivity contribution in [2.75, 3.05) is 0 Å². The molecule has 19 heavy (non-hydrogen) atoms. The van der Waals surface area contributed by atoms with Crippen molar-refractivity contribution < 1.29 is 8.91 Å². The van der Waals surface area contributed by atoms with Gasteiger partial charge in [-0.25, -0.2) is 4.39 Å². The Labute approximate surface area is 119 Å². The first-order chi connectivity index (χ1) is 9.11. The summed E-state index contributed by atoms with van der Waals surface area (Å²) in [5.41, 5.74) is 6.65. The predicted molar refractivity (Wildman–Crippen MR) is 73.8 cm³/mol. The summed E-state index contributed by atoms with van der Waals surface area (Å²) in [5.74, 6) is 0.507. The second-order valence-electron chi connectivity index (χ2n) is 4.33. The van der Waals surface area contributed by atoms with Gasteiger partial charge in [0.15, 0.2) is 0 Å². The quantitative estimate of drug-likeness (QED) is 0.906. The minimum Gasteiger partial charge on any atom is -0.337 e. The van der Waals surface area contributed by atoms with Crippen LogP contribution < -0.4 is 5.73 Å². The van der Waals surface area contributed by atoms with E-state index in [-0.39, 0.29) is 11.9 Å². The summed E-state index contributed by atoms with van der Waals surface area (Å²) in [6, 6.07) is 4.07. The van der Waals surface area contributed by atoms with Crippen LogP contribution >= 0.6 is 15.9 Å². The molecular formula is C13H15BrFN3O. The summed E-state index contributed by atoms with van der Waals surface area (Å²) in [6.45, 7) is 2.10. The number of unbranched alkanes of at least 4 members (excludes halogenated alkanes) is 1. The van der Waals surface area contributed by atoms with Crippen molar-refractivity contribution in [2.45, 2.75) is 32.2 Å². The van der Waals surface area contributed by atoms with Crippen LogP contribution in [0.1, 0.15) is 38.1 Å². The number of hydrogen-bond acceptors (Lipinski definition) is 4. The normalized spacial score (nSPS) is 12.6. The van der Waals surface area contributed by atoms with Crippen LogP contribution in [-0.2, 0) is 0 Å². The van der Waals surface area contributed by atoms with E-state index in [1.165, 1.54) is 12.1 Å². The van der Waals surface area contributed by atoms with E-state index < -0.39 is 0 Å². The summed E-state index contributed by atoms with van der Waals surface area (Å²) in [7, 11) is 0. The fourth-order valence-electron chi connectivity index (χ4n) is 1.71. The van der Waals surface area contributed by atoms with Gasteiger partial charge in [-0.1, -0.05) is 24.9 Å². The van der Waals surface area contributed by atoms with E-state index in [0.29, 0.717) is 21.8 Å². The lowest BCUT2D eigenvalue weighted by molar-refractivity contribution is 0.346. The molecule has 4 nitrogen and oxygen atoms in total. The second kappa shape index (κ2) is 6.25. The van der Waals surface area contributed by atoms with Crippen LogP contribution in [0.4, 0.5) is 4.39 Å². The van der Waals surface area contributed by atoms with E-state index in [1.54, 1.807) is 6.07 Å².